The summed E-state index contributed by atoms with van der Waals surface area (Å²) >= 11 is 1.45. The number of aromatic nitrogens is 2. The van der Waals surface area contributed by atoms with Crippen molar-refractivity contribution in [2.45, 2.75) is 45.1 Å². The number of aryl methyl sites for hydroxylation is 2. The molecule has 5 N–H and O–H groups in total. The number of halogens is 1. The summed E-state index contributed by atoms with van der Waals surface area (Å²) in [5.41, 5.74) is 12.2. The van der Waals surface area contributed by atoms with Gasteiger partial charge >= 0.3 is 5.69 Å². The van der Waals surface area contributed by atoms with Crippen molar-refractivity contribution in [2.24, 2.45) is 18.6 Å². The Labute approximate surface area is 345 Å². The first-order chi connectivity index (χ1) is 28.5. The van der Waals surface area contributed by atoms with E-state index in [1.807, 2.05) is 31.2 Å². The van der Waals surface area contributed by atoms with Crippen LogP contribution in [0.2, 0.25) is 0 Å². The van der Waals surface area contributed by atoms with Crippen molar-refractivity contribution in [3.05, 3.63) is 105 Å². The van der Waals surface area contributed by atoms with Crippen LogP contribution in [0.25, 0.3) is 37.8 Å². The second-order valence-corrected chi connectivity index (χ2v) is 16.9. The normalized spacial score (nSPS) is 18.0. The number of fused-ring (bicyclic) bond motifs is 2. The van der Waals surface area contributed by atoms with E-state index < -0.39 is 11.9 Å². The summed E-state index contributed by atoms with van der Waals surface area (Å²) in [5.74, 6) is 4.84. The van der Waals surface area contributed by atoms with E-state index in [1.54, 1.807) is 16.5 Å². The number of carbonyl (C=O) groups is 3. The number of nitrogens with one attached hydrogen (secondary N) is 1. The number of hydrogen-bond donors (Lipinski definition) is 3. The minimum absolute atomic E-state index is 0.0356. The summed E-state index contributed by atoms with van der Waals surface area (Å²) in [5, 5.41) is 4.65. The molecule has 5 heterocycles. The Kier molecular flexibility index (Phi) is 11.4. The van der Waals surface area contributed by atoms with E-state index in [0.717, 1.165) is 82.9 Å². The van der Waals surface area contributed by atoms with Crippen LogP contribution in [0, 0.1) is 12.7 Å². The molecule has 3 aliphatic heterocycles. The number of hydrazine groups is 1. The lowest BCUT2D eigenvalue weighted by molar-refractivity contribution is -0.136. The Morgan fingerprint density at radius 1 is 1.03 bits per heavy atom. The molecular weight excluding hydrogens is 770 g/mol. The third-order valence-electron chi connectivity index (χ3n) is 11.9. The van der Waals surface area contributed by atoms with Crippen LogP contribution < -0.4 is 27.5 Å². The van der Waals surface area contributed by atoms with Crippen molar-refractivity contribution in [1.82, 2.24) is 29.3 Å². The number of rotatable bonds is 11. The standard InChI is InChI=1S/C44H50FN9O4S/c1-28-25-35-33(26-34(40(45)42(35)59-28)31-6-4-17-52(27-31)39(56)15-19-53(47)20-16-46)29-8-10-32(11-9-29)51-23-21-50(22-24-51)18-14-30-5-3-7-36-41(30)49(2)44(58)54(36)37-12-13-38(55)48-43(37)57/h3,5-11,16,20,25-26,37H,4,12-15,17-19,21-24,27,46-47H2,1-2H3,(H,48,55,57)/b20-16-. The number of benzene rings is 3. The van der Waals surface area contributed by atoms with Crippen molar-refractivity contribution in [2.75, 3.05) is 57.3 Å². The highest BCUT2D eigenvalue weighted by Crippen LogP contribution is 2.40. The number of nitrogens with two attached hydrogens (primary N) is 2. The first kappa shape index (κ1) is 40.0. The third-order valence-corrected chi connectivity index (χ3v) is 12.9. The van der Waals surface area contributed by atoms with E-state index in [1.165, 1.54) is 33.3 Å². The third kappa shape index (κ3) is 8.01. The number of anilines is 1. The summed E-state index contributed by atoms with van der Waals surface area (Å²) in [6, 6.07) is 17.7. The van der Waals surface area contributed by atoms with Crippen LogP contribution in [0.4, 0.5) is 10.1 Å². The summed E-state index contributed by atoms with van der Waals surface area (Å²) in [6.07, 6.45) is 7.04. The lowest BCUT2D eigenvalue weighted by atomic mass is 9.93. The summed E-state index contributed by atoms with van der Waals surface area (Å²) in [6.45, 7) is 7.56. The maximum absolute atomic E-state index is 16.3. The molecule has 13 nitrogen and oxygen atoms in total. The van der Waals surface area contributed by atoms with Crippen LogP contribution in [0.15, 0.2) is 77.9 Å². The second-order valence-electron chi connectivity index (χ2n) is 15.6. The molecule has 0 aliphatic carbocycles. The van der Waals surface area contributed by atoms with Crippen LogP contribution in [0.5, 0.6) is 0 Å². The number of hydrogen-bond acceptors (Lipinski definition) is 10. The summed E-state index contributed by atoms with van der Waals surface area (Å²) in [7, 11) is 1.74. The molecule has 1 atom stereocenters. The maximum atomic E-state index is 16.3. The van der Waals surface area contributed by atoms with E-state index >= 15 is 4.39 Å². The number of thiophene rings is 1. The van der Waals surface area contributed by atoms with Gasteiger partial charge in [0.2, 0.25) is 17.7 Å². The molecule has 3 aliphatic rings. The zero-order valence-electron chi connectivity index (χ0n) is 33.5. The summed E-state index contributed by atoms with van der Waals surface area (Å²) < 4.78 is 20.1. The average molecular weight is 820 g/mol. The van der Waals surface area contributed by atoms with Crippen molar-refractivity contribution in [3.8, 4) is 11.1 Å². The average Bonchev–Trinajstić information content (AvgIpc) is 3.76. The Bertz CT molecular complexity index is 2550. The van der Waals surface area contributed by atoms with Gasteiger partial charge in [-0.15, -0.1) is 11.3 Å². The molecule has 2 aromatic heterocycles. The molecule has 0 spiro atoms. The van der Waals surface area contributed by atoms with E-state index in [-0.39, 0.29) is 36.2 Å². The number of imide groups is 1. The molecule has 0 radical (unpaired) electrons. The van der Waals surface area contributed by atoms with Gasteiger partial charge < -0.3 is 20.5 Å². The molecule has 0 saturated carbocycles. The van der Waals surface area contributed by atoms with Crippen LogP contribution in [-0.4, -0.2) is 94.0 Å². The molecule has 5 aromatic rings. The second kappa shape index (κ2) is 16.8. The smallest absolute Gasteiger partial charge is 0.329 e. The van der Waals surface area contributed by atoms with Crippen LogP contribution in [-0.2, 0) is 27.9 Å². The quantitative estimate of drug-likeness (QED) is 0.0984. The van der Waals surface area contributed by atoms with Crippen molar-refractivity contribution in [3.63, 3.8) is 0 Å². The molecule has 8 rings (SSSR count). The fourth-order valence-corrected chi connectivity index (χ4v) is 9.77. The van der Waals surface area contributed by atoms with Crippen LogP contribution >= 0.6 is 11.3 Å². The Morgan fingerprint density at radius 2 is 1.81 bits per heavy atom. The molecule has 1 unspecified atom stereocenters. The predicted octanol–water partition coefficient (Wildman–Crippen LogP) is 4.62. The van der Waals surface area contributed by atoms with Gasteiger partial charge in [-0.3, -0.25) is 33.7 Å². The minimum Gasteiger partial charge on any atom is -0.403 e. The van der Waals surface area contributed by atoms with E-state index in [4.69, 9.17) is 11.6 Å². The van der Waals surface area contributed by atoms with Crippen LogP contribution in [0.3, 0.4) is 0 Å². The van der Waals surface area contributed by atoms with Gasteiger partial charge in [-0.1, -0.05) is 30.3 Å². The molecule has 0 bridgehead atoms. The highest BCUT2D eigenvalue weighted by Gasteiger charge is 2.32. The van der Waals surface area contributed by atoms with Gasteiger partial charge in [0.15, 0.2) is 0 Å². The number of para-hydroxylation sites is 1. The van der Waals surface area contributed by atoms with E-state index in [2.05, 4.69) is 51.5 Å². The first-order valence-corrected chi connectivity index (χ1v) is 21.0. The number of piperazine rings is 1. The van der Waals surface area contributed by atoms with Gasteiger partial charge in [-0.2, -0.15) is 0 Å². The molecule has 308 valence electrons. The van der Waals surface area contributed by atoms with Gasteiger partial charge in [0.05, 0.1) is 15.7 Å². The number of piperidine rings is 1. The minimum atomic E-state index is -0.709. The van der Waals surface area contributed by atoms with Gasteiger partial charge in [0, 0.05) is 106 Å². The first-order valence-electron chi connectivity index (χ1n) is 20.2. The van der Waals surface area contributed by atoms with Gasteiger partial charge in [0.1, 0.15) is 11.9 Å². The topological polar surface area (TPSA) is 155 Å². The Morgan fingerprint density at radius 3 is 2.56 bits per heavy atom. The highest BCUT2D eigenvalue weighted by molar-refractivity contribution is 7.19. The van der Waals surface area contributed by atoms with Gasteiger partial charge in [-0.05, 0) is 78.8 Å². The van der Waals surface area contributed by atoms with E-state index in [0.29, 0.717) is 48.3 Å². The molecule has 3 aromatic carbocycles. The van der Waals surface area contributed by atoms with Gasteiger partial charge in [0.25, 0.3) is 0 Å². The molecule has 3 amide bonds. The molecule has 59 heavy (non-hydrogen) atoms. The Balaban J connectivity index is 0.935. The number of imidazole rings is 1. The number of carbonyl (C=O) groups excluding carboxylic acids is 3. The number of nitrogens with zero attached hydrogens (tertiary/aromatic N) is 6. The fourth-order valence-electron chi connectivity index (χ4n) is 8.79. The van der Waals surface area contributed by atoms with Crippen molar-refractivity contribution < 1.29 is 18.8 Å². The van der Waals surface area contributed by atoms with Crippen LogP contribution in [0.1, 0.15) is 47.7 Å². The maximum Gasteiger partial charge on any atom is 0.329 e. The van der Waals surface area contributed by atoms with Crippen molar-refractivity contribution in [1.29, 1.82) is 0 Å². The number of amides is 3. The highest BCUT2D eigenvalue weighted by atomic mass is 32.1. The molecule has 2 fully saturated rings. The molecule has 2 saturated heterocycles. The lowest BCUT2D eigenvalue weighted by Crippen LogP contribution is -2.47. The zero-order chi connectivity index (χ0) is 41.4. The fraction of sp³-hybridized carbons (Fsp3) is 0.364. The predicted molar refractivity (Wildman–Crippen MR) is 231 cm³/mol. The molecule has 15 heteroatoms. The Hall–Kier alpha value is -5.77. The van der Waals surface area contributed by atoms with Gasteiger partial charge in [-0.25, -0.2) is 15.0 Å². The van der Waals surface area contributed by atoms with Crippen molar-refractivity contribution >= 4 is 61.4 Å². The van der Waals surface area contributed by atoms with E-state index in [9.17, 15) is 19.2 Å². The largest absolute Gasteiger partial charge is 0.403 e. The molecular formula is C44H50FN9O4S. The SMILES string of the molecule is Cc1cc2c(-c3ccc(N4CCN(CCc5cccc6c5n(C)c(=O)n6C5CCC(=O)NC5=O)CC4)cc3)cc(C3=CCCN(C(=O)CCN(N)/C=C\N)C3)c(F)c2s1. The monoisotopic (exact) mass is 819 g/mol. The lowest BCUT2D eigenvalue weighted by Gasteiger charge is -2.36. The summed E-state index contributed by atoms with van der Waals surface area (Å²) in [4.78, 5) is 58.6. The zero-order valence-corrected chi connectivity index (χ0v) is 34.3.